The smallest absolute Gasteiger partial charge is 0.325 e. The fourth-order valence-electron chi connectivity index (χ4n) is 4.70. The second-order valence-corrected chi connectivity index (χ2v) is 10.7. The van der Waals surface area contributed by atoms with Crippen molar-refractivity contribution in [2.45, 2.75) is 55.9 Å². The van der Waals surface area contributed by atoms with Gasteiger partial charge in [0, 0.05) is 31.7 Å². The standard InChI is InChI=1S/C22H30N4O6S/c1-16-6-7-17(15-18(16)33(30,31)25-11-13-32-14-12-25)23-19(27)5-4-10-26-20(28)22(24-21(26)29)8-2-3-9-22/h6-7,15H,2-5,8-14H2,1H3,(H,23,27)(H,24,29). The van der Waals surface area contributed by atoms with Crippen molar-refractivity contribution in [3.05, 3.63) is 23.8 Å². The molecule has 1 aliphatic carbocycles. The molecule has 1 saturated carbocycles. The number of hydrogen-bond acceptors (Lipinski definition) is 6. The number of morpholine rings is 1. The summed E-state index contributed by atoms with van der Waals surface area (Å²) in [5, 5.41) is 5.56. The zero-order valence-corrected chi connectivity index (χ0v) is 19.6. The highest BCUT2D eigenvalue weighted by Gasteiger charge is 2.52. The minimum atomic E-state index is -3.69. The van der Waals surface area contributed by atoms with Crippen LogP contribution in [0.4, 0.5) is 10.5 Å². The highest BCUT2D eigenvalue weighted by Crippen LogP contribution is 2.35. The topological polar surface area (TPSA) is 125 Å². The molecular formula is C22H30N4O6S. The number of imide groups is 1. The van der Waals surface area contributed by atoms with Crippen LogP contribution < -0.4 is 10.6 Å². The molecule has 0 bridgehead atoms. The van der Waals surface area contributed by atoms with Crippen molar-refractivity contribution < 1.29 is 27.5 Å². The van der Waals surface area contributed by atoms with Gasteiger partial charge in [0.15, 0.2) is 0 Å². The Kier molecular flexibility index (Phi) is 6.73. The number of carbonyl (C=O) groups is 3. The molecule has 0 aromatic heterocycles. The van der Waals surface area contributed by atoms with Crippen LogP contribution in [0, 0.1) is 6.92 Å². The average Bonchev–Trinajstić information content (AvgIpc) is 3.35. The lowest BCUT2D eigenvalue weighted by Crippen LogP contribution is -2.44. The minimum Gasteiger partial charge on any atom is -0.379 e. The van der Waals surface area contributed by atoms with E-state index in [4.69, 9.17) is 4.74 Å². The summed E-state index contributed by atoms with van der Waals surface area (Å²) in [5.74, 6) is -0.502. The zero-order chi connectivity index (χ0) is 23.6. The van der Waals surface area contributed by atoms with E-state index in [0.29, 0.717) is 56.8 Å². The Hall–Kier alpha value is -2.50. The van der Waals surface area contributed by atoms with Crippen molar-refractivity contribution >= 4 is 33.6 Å². The Bertz CT molecular complexity index is 1040. The lowest BCUT2D eigenvalue weighted by atomic mass is 9.98. The molecule has 2 heterocycles. The van der Waals surface area contributed by atoms with Crippen molar-refractivity contribution in [1.82, 2.24) is 14.5 Å². The molecule has 3 aliphatic rings. The molecular weight excluding hydrogens is 448 g/mol. The summed E-state index contributed by atoms with van der Waals surface area (Å²) >= 11 is 0. The first-order valence-corrected chi connectivity index (χ1v) is 12.8. The first-order chi connectivity index (χ1) is 15.7. The first kappa shape index (κ1) is 23.7. The molecule has 2 saturated heterocycles. The summed E-state index contributed by atoms with van der Waals surface area (Å²) in [6.07, 6.45) is 3.59. The zero-order valence-electron chi connectivity index (χ0n) is 18.8. The van der Waals surface area contributed by atoms with Crippen LogP contribution in [-0.4, -0.2) is 73.9 Å². The lowest BCUT2D eigenvalue weighted by molar-refractivity contribution is -0.131. The van der Waals surface area contributed by atoms with E-state index >= 15 is 0 Å². The summed E-state index contributed by atoms with van der Waals surface area (Å²) in [4.78, 5) is 38.7. The van der Waals surface area contributed by atoms with Crippen LogP contribution in [-0.2, 0) is 24.3 Å². The minimum absolute atomic E-state index is 0.101. The van der Waals surface area contributed by atoms with E-state index in [-0.39, 0.29) is 35.7 Å². The van der Waals surface area contributed by atoms with E-state index in [1.54, 1.807) is 19.1 Å². The summed E-state index contributed by atoms with van der Waals surface area (Å²) in [6, 6.07) is 4.41. The van der Waals surface area contributed by atoms with Crippen molar-refractivity contribution in [3.63, 3.8) is 0 Å². The number of urea groups is 1. The second kappa shape index (κ2) is 9.40. The molecule has 1 aromatic rings. The third kappa shape index (κ3) is 4.75. The van der Waals surface area contributed by atoms with Crippen LogP contribution in [0.15, 0.2) is 23.1 Å². The predicted octanol–water partition coefficient (Wildman–Crippen LogP) is 1.60. The van der Waals surface area contributed by atoms with Gasteiger partial charge in [0.1, 0.15) is 5.54 Å². The van der Waals surface area contributed by atoms with Crippen LogP contribution in [0.5, 0.6) is 0 Å². The van der Waals surface area contributed by atoms with Gasteiger partial charge >= 0.3 is 6.03 Å². The molecule has 3 fully saturated rings. The maximum absolute atomic E-state index is 13.0. The van der Waals surface area contributed by atoms with Crippen LogP contribution in [0.25, 0.3) is 0 Å². The van der Waals surface area contributed by atoms with Gasteiger partial charge in [-0.25, -0.2) is 13.2 Å². The highest BCUT2D eigenvalue weighted by molar-refractivity contribution is 7.89. The number of amides is 4. The van der Waals surface area contributed by atoms with E-state index in [0.717, 1.165) is 12.8 Å². The molecule has 0 atom stereocenters. The fourth-order valence-corrected chi connectivity index (χ4v) is 6.36. The molecule has 2 aliphatic heterocycles. The third-order valence-electron chi connectivity index (χ3n) is 6.55. The van der Waals surface area contributed by atoms with Crippen LogP contribution in [0.3, 0.4) is 0 Å². The summed E-state index contributed by atoms with van der Waals surface area (Å²) < 4.78 is 32.7. The van der Waals surface area contributed by atoms with Gasteiger partial charge in [-0.3, -0.25) is 14.5 Å². The van der Waals surface area contributed by atoms with Gasteiger partial charge in [0.25, 0.3) is 5.91 Å². The molecule has 0 radical (unpaired) electrons. The van der Waals surface area contributed by atoms with Crippen molar-refractivity contribution in [3.8, 4) is 0 Å². The van der Waals surface area contributed by atoms with Gasteiger partial charge < -0.3 is 15.4 Å². The predicted molar refractivity (Wildman–Crippen MR) is 120 cm³/mol. The van der Waals surface area contributed by atoms with E-state index in [1.807, 2.05) is 0 Å². The molecule has 11 heteroatoms. The lowest BCUT2D eigenvalue weighted by Gasteiger charge is -2.26. The molecule has 4 rings (SSSR count). The Morgan fingerprint density at radius 2 is 1.88 bits per heavy atom. The monoisotopic (exact) mass is 478 g/mol. The number of aryl methyl sites for hydroxylation is 1. The quantitative estimate of drug-likeness (QED) is 0.574. The van der Waals surface area contributed by atoms with Gasteiger partial charge in [-0.05, 0) is 43.9 Å². The van der Waals surface area contributed by atoms with Crippen LogP contribution in [0.1, 0.15) is 44.1 Å². The number of nitrogens with zero attached hydrogens (tertiary/aromatic N) is 2. The summed E-state index contributed by atoms with van der Waals surface area (Å²) in [5.41, 5.74) is 0.236. The van der Waals surface area contributed by atoms with Gasteiger partial charge in [-0.2, -0.15) is 4.31 Å². The van der Waals surface area contributed by atoms with E-state index in [1.165, 1.54) is 15.3 Å². The maximum Gasteiger partial charge on any atom is 0.325 e. The number of rotatable bonds is 7. The second-order valence-electron chi connectivity index (χ2n) is 8.82. The summed E-state index contributed by atoms with van der Waals surface area (Å²) in [7, 11) is -3.69. The molecule has 33 heavy (non-hydrogen) atoms. The maximum atomic E-state index is 13.0. The van der Waals surface area contributed by atoms with Gasteiger partial charge in [0.05, 0.1) is 18.1 Å². The Morgan fingerprint density at radius 3 is 2.58 bits per heavy atom. The average molecular weight is 479 g/mol. The van der Waals surface area contributed by atoms with Gasteiger partial charge in [0.2, 0.25) is 15.9 Å². The first-order valence-electron chi connectivity index (χ1n) is 11.4. The number of carbonyl (C=O) groups excluding carboxylic acids is 3. The van der Waals surface area contributed by atoms with Crippen LogP contribution in [0.2, 0.25) is 0 Å². The largest absolute Gasteiger partial charge is 0.379 e. The number of sulfonamides is 1. The fraction of sp³-hybridized carbons (Fsp3) is 0.591. The summed E-state index contributed by atoms with van der Waals surface area (Å²) in [6.45, 7) is 3.18. The molecule has 1 spiro atoms. The van der Waals surface area contributed by atoms with Crippen LogP contribution >= 0.6 is 0 Å². The van der Waals surface area contributed by atoms with Crippen molar-refractivity contribution in [1.29, 1.82) is 0 Å². The van der Waals surface area contributed by atoms with Crippen molar-refractivity contribution in [2.24, 2.45) is 0 Å². The Labute approximate surface area is 193 Å². The molecule has 1 aromatic carbocycles. The molecule has 180 valence electrons. The molecule has 0 unspecified atom stereocenters. The number of anilines is 1. The molecule has 2 N–H and O–H groups in total. The third-order valence-corrected chi connectivity index (χ3v) is 8.59. The van der Waals surface area contributed by atoms with E-state index < -0.39 is 15.6 Å². The van der Waals surface area contributed by atoms with E-state index in [9.17, 15) is 22.8 Å². The SMILES string of the molecule is Cc1ccc(NC(=O)CCCN2C(=O)NC3(CCCC3)C2=O)cc1S(=O)(=O)N1CCOCC1. The normalized spacial score (nSPS) is 20.9. The van der Waals surface area contributed by atoms with E-state index in [2.05, 4.69) is 10.6 Å². The van der Waals surface area contributed by atoms with Gasteiger partial charge in [-0.15, -0.1) is 0 Å². The number of hydrogen-bond donors (Lipinski definition) is 2. The number of benzene rings is 1. The molecule has 4 amide bonds. The Balaban J connectivity index is 1.34. The van der Waals surface area contributed by atoms with Gasteiger partial charge in [-0.1, -0.05) is 18.9 Å². The number of nitrogens with one attached hydrogen (secondary N) is 2. The van der Waals surface area contributed by atoms with Crippen molar-refractivity contribution in [2.75, 3.05) is 38.2 Å². The highest BCUT2D eigenvalue weighted by atomic mass is 32.2. The molecule has 10 nitrogen and oxygen atoms in total. The number of ether oxygens (including phenoxy) is 1. The Morgan fingerprint density at radius 1 is 1.18 bits per heavy atom.